The molecule has 0 bridgehead atoms. The highest BCUT2D eigenvalue weighted by atomic mass is 16.5. The van der Waals surface area contributed by atoms with Gasteiger partial charge in [0.1, 0.15) is 0 Å². The summed E-state index contributed by atoms with van der Waals surface area (Å²) in [6.07, 6.45) is 4.12. The molecule has 4 nitrogen and oxygen atoms in total. The number of nitrogens with two attached hydrogens (primary N) is 1. The molecule has 1 aliphatic carbocycles. The van der Waals surface area contributed by atoms with E-state index in [9.17, 15) is 4.79 Å². The Kier molecular flexibility index (Phi) is 4.74. The first-order valence-electron chi connectivity index (χ1n) is 6.02. The van der Waals surface area contributed by atoms with Gasteiger partial charge >= 0.3 is 0 Å². The molecule has 2 N–H and O–H groups in total. The van der Waals surface area contributed by atoms with Crippen LogP contribution in [0.25, 0.3) is 0 Å². The zero-order chi connectivity index (χ0) is 12.2. The standard InChI is InChI=1S/C12H24N2O2/c1-12(13)7-5-4-6-10(12)11(15)14(2)8-9-16-3/h10H,4-9,13H2,1-3H3. The van der Waals surface area contributed by atoms with Crippen LogP contribution >= 0.6 is 0 Å². The number of ether oxygens (including phenoxy) is 1. The summed E-state index contributed by atoms with van der Waals surface area (Å²) in [4.78, 5) is 14.0. The van der Waals surface area contributed by atoms with Crippen molar-refractivity contribution < 1.29 is 9.53 Å². The molecule has 2 atom stereocenters. The lowest BCUT2D eigenvalue weighted by atomic mass is 9.74. The molecule has 1 amide bonds. The van der Waals surface area contributed by atoms with E-state index < -0.39 is 0 Å². The average molecular weight is 228 g/mol. The molecule has 1 aliphatic rings. The maximum Gasteiger partial charge on any atom is 0.227 e. The Morgan fingerprint density at radius 3 is 2.81 bits per heavy atom. The van der Waals surface area contributed by atoms with Gasteiger partial charge in [-0.05, 0) is 19.8 Å². The third-order valence-corrected chi connectivity index (χ3v) is 3.56. The monoisotopic (exact) mass is 228 g/mol. The van der Waals surface area contributed by atoms with Crippen molar-refractivity contribution in [2.75, 3.05) is 27.3 Å². The van der Waals surface area contributed by atoms with Gasteiger partial charge in [0.2, 0.25) is 5.91 Å². The van der Waals surface area contributed by atoms with Crippen molar-refractivity contribution in [1.82, 2.24) is 4.90 Å². The molecule has 4 heteroatoms. The first-order chi connectivity index (χ1) is 7.49. The molecule has 94 valence electrons. The quantitative estimate of drug-likeness (QED) is 0.781. The molecule has 1 rings (SSSR count). The van der Waals surface area contributed by atoms with Crippen molar-refractivity contribution in [2.45, 2.75) is 38.1 Å². The fourth-order valence-electron chi connectivity index (χ4n) is 2.37. The van der Waals surface area contributed by atoms with Crippen LogP contribution in [-0.2, 0) is 9.53 Å². The van der Waals surface area contributed by atoms with Gasteiger partial charge in [-0.15, -0.1) is 0 Å². The minimum Gasteiger partial charge on any atom is -0.383 e. The Bertz CT molecular complexity index is 241. The molecular weight excluding hydrogens is 204 g/mol. The molecule has 0 saturated heterocycles. The summed E-state index contributed by atoms with van der Waals surface area (Å²) < 4.78 is 4.98. The van der Waals surface area contributed by atoms with Crippen LogP contribution in [0.2, 0.25) is 0 Å². The van der Waals surface area contributed by atoms with E-state index >= 15 is 0 Å². The van der Waals surface area contributed by atoms with Gasteiger partial charge in [-0.25, -0.2) is 0 Å². The first kappa shape index (κ1) is 13.5. The lowest BCUT2D eigenvalue weighted by Crippen LogP contribution is -2.53. The molecule has 0 radical (unpaired) electrons. The molecular formula is C12H24N2O2. The summed E-state index contributed by atoms with van der Waals surface area (Å²) in [5, 5.41) is 0. The summed E-state index contributed by atoms with van der Waals surface area (Å²) in [5.41, 5.74) is 5.87. The molecule has 1 fully saturated rings. The minimum atomic E-state index is -0.337. The molecule has 0 spiro atoms. The molecule has 0 aromatic rings. The highest BCUT2D eigenvalue weighted by Crippen LogP contribution is 2.32. The van der Waals surface area contributed by atoms with Gasteiger partial charge in [-0.2, -0.15) is 0 Å². The van der Waals surface area contributed by atoms with Crippen LogP contribution in [0.4, 0.5) is 0 Å². The number of likely N-dealkylation sites (N-methyl/N-ethyl adjacent to an activating group) is 1. The Morgan fingerprint density at radius 1 is 1.56 bits per heavy atom. The zero-order valence-corrected chi connectivity index (χ0v) is 10.7. The van der Waals surface area contributed by atoms with Crippen molar-refractivity contribution in [3.8, 4) is 0 Å². The number of carbonyl (C=O) groups excluding carboxylic acids is 1. The van der Waals surface area contributed by atoms with Crippen LogP contribution in [-0.4, -0.2) is 43.7 Å². The Balaban J connectivity index is 2.57. The SMILES string of the molecule is COCCN(C)C(=O)C1CCCCC1(C)N. The van der Waals surface area contributed by atoms with Gasteiger partial charge in [-0.1, -0.05) is 12.8 Å². The van der Waals surface area contributed by atoms with Gasteiger partial charge in [0, 0.05) is 26.2 Å². The predicted molar refractivity (Wildman–Crippen MR) is 64.1 cm³/mol. The average Bonchev–Trinajstić information content (AvgIpc) is 2.24. The Hall–Kier alpha value is -0.610. The Morgan fingerprint density at radius 2 is 2.25 bits per heavy atom. The number of methoxy groups -OCH3 is 1. The fourth-order valence-corrected chi connectivity index (χ4v) is 2.37. The number of hydrogen-bond acceptors (Lipinski definition) is 3. The molecule has 0 aliphatic heterocycles. The van der Waals surface area contributed by atoms with Crippen molar-refractivity contribution in [3.63, 3.8) is 0 Å². The van der Waals surface area contributed by atoms with E-state index in [-0.39, 0.29) is 17.4 Å². The minimum absolute atomic E-state index is 0.0249. The van der Waals surface area contributed by atoms with Gasteiger partial charge < -0.3 is 15.4 Å². The summed E-state index contributed by atoms with van der Waals surface area (Å²) in [7, 11) is 3.47. The molecule has 0 heterocycles. The molecule has 16 heavy (non-hydrogen) atoms. The maximum atomic E-state index is 12.2. The van der Waals surface area contributed by atoms with Crippen molar-refractivity contribution in [2.24, 2.45) is 11.7 Å². The summed E-state index contributed by atoms with van der Waals surface area (Å²) in [5.74, 6) is 0.143. The van der Waals surface area contributed by atoms with E-state index in [0.717, 1.165) is 25.7 Å². The highest BCUT2D eigenvalue weighted by molar-refractivity contribution is 5.80. The second-order valence-corrected chi connectivity index (χ2v) is 5.06. The highest BCUT2D eigenvalue weighted by Gasteiger charge is 2.38. The van der Waals surface area contributed by atoms with E-state index in [1.165, 1.54) is 0 Å². The third kappa shape index (κ3) is 3.19. The van der Waals surface area contributed by atoms with E-state index in [0.29, 0.717) is 13.2 Å². The van der Waals surface area contributed by atoms with Crippen LogP contribution in [0.15, 0.2) is 0 Å². The van der Waals surface area contributed by atoms with Crippen molar-refractivity contribution in [1.29, 1.82) is 0 Å². The van der Waals surface area contributed by atoms with Crippen molar-refractivity contribution >= 4 is 5.91 Å². The van der Waals surface area contributed by atoms with Gasteiger partial charge in [-0.3, -0.25) is 4.79 Å². The van der Waals surface area contributed by atoms with E-state index in [1.54, 1.807) is 12.0 Å². The lowest BCUT2D eigenvalue weighted by molar-refractivity contribution is -0.138. The van der Waals surface area contributed by atoms with Gasteiger partial charge in [0.25, 0.3) is 0 Å². The van der Waals surface area contributed by atoms with E-state index in [2.05, 4.69) is 0 Å². The van der Waals surface area contributed by atoms with Crippen LogP contribution in [0.3, 0.4) is 0 Å². The molecule has 2 unspecified atom stereocenters. The van der Waals surface area contributed by atoms with E-state index in [4.69, 9.17) is 10.5 Å². The van der Waals surface area contributed by atoms with Crippen LogP contribution in [0, 0.1) is 5.92 Å². The molecule has 0 aromatic carbocycles. The van der Waals surface area contributed by atoms with Crippen LogP contribution < -0.4 is 5.73 Å². The first-order valence-corrected chi connectivity index (χ1v) is 6.02. The Labute approximate surface area is 98.1 Å². The number of carbonyl (C=O) groups is 1. The summed E-state index contributed by atoms with van der Waals surface area (Å²) in [6.45, 7) is 3.22. The fraction of sp³-hybridized carbons (Fsp3) is 0.917. The number of amides is 1. The molecule has 1 saturated carbocycles. The maximum absolute atomic E-state index is 12.2. The number of rotatable bonds is 4. The largest absolute Gasteiger partial charge is 0.383 e. The van der Waals surface area contributed by atoms with Gasteiger partial charge in [0.15, 0.2) is 0 Å². The molecule has 0 aromatic heterocycles. The van der Waals surface area contributed by atoms with Crippen LogP contribution in [0.1, 0.15) is 32.6 Å². The van der Waals surface area contributed by atoms with Gasteiger partial charge in [0.05, 0.1) is 12.5 Å². The van der Waals surface area contributed by atoms with E-state index in [1.807, 2.05) is 14.0 Å². The lowest BCUT2D eigenvalue weighted by Gasteiger charge is -2.39. The smallest absolute Gasteiger partial charge is 0.227 e. The van der Waals surface area contributed by atoms with Crippen LogP contribution in [0.5, 0.6) is 0 Å². The predicted octanol–water partition coefficient (Wildman–Crippen LogP) is 0.999. The second-order valence-electron chi connectivity index (χ2n) is 5.06. The summed E-state index contributed by atoms with van der Waals surface area (Å²) >= 11 is 0. The zero-order valence-electron chi connectivity index (χ0n) is 10.7. The van der Waals surface area contributed by atoms with Crippen molar-refractivity contribution in [3.05, 3.63) is 0 Å². The normalized spacial score (nSPS) is 30.1. The topological polar surface area (TPSA) is 55.6 Å². The number of nitrogens with zero attached hydrogens (tertiary/aromatic N) is 1. The number of hydrogen-bond donors (Lipinski definition) is 1. The summed E-state index contributed by atoms with van der Waals surface area (Å²) in [6, 6.07) is 0. The third-order valence-electron chi connectivity index (χ3n) is 3.56. The second kappa shape index (κ2) is 5.64.